The molecule has 0 radical (unpaired) electrons. The molecule has 7 nitrogen and oxygen atoms in total. The van der Waals surface area contributed by atoms with Crippen LogP contribution in [0.1, 0.15) is 50.2 Å². The normalized spacial score (nSPS) is 22.1. The van der Waals surface area contributed by atoms with Crippen molar-refractivity contribution in [1.29, 1.82) is 0 Å². The van der Waals surface area contributed by atoms with Crippen LogP contribution in [0.25, 0.3) is 0 Å². The Morgan fingerprint density at radius 1 is 1.42 bits per heavy atom. The van der Waals surface area contributed by atoms with E-state index in [0.29, 0.717) is 19.1 Å². The summed E-state index contributed by atoms with van der Waals surface area (Å²) in [5, 5.41) is 15.2. The Labute approximate surface area is 173 Å². The summed E-state index contributed by atoms with van der Waals surface area (Å²) in [4.78, 5) is 4.70. The monoisotopic (exact) mass is 474 g/mol. The van der Waals surface area contributed by atoms with Gasteiger partial charge in [0.05, 0.1) is 5.60 Å². The van der Waals surface area contributed by atoms with E-state index in [-0.39, 0.29) is 29.6 Å². The number of guanidine groups is 1. The van der Waals surface area contributed by atoms with Crippen LogP contribution in [-0.4, -0.2) is 45.5 Å². The van der Waals surface area contributed by atoms with Crippen molar-refractivity contribution in [3.8, 4) is 0 Å². The molecule has 3 rings (SSSR count). The van der Waals surface area contributed by atoms with Gasteiger partial charge in [-0.1, -0.05) is 18.9 Å². The van der Waals surface area contributed by atoms with E-state index in [9.17, 15) is 0 Å². The summed E-state index contributed by atoms with van der Waals surface area (Å²) in [6, 6.07) is 0.393. The Morgan fingerprint density at radius 3 is 2.85 bits per heavy atom. The fraction of sp³-hybridized carbons (Fsp3) is 0.722. The molecule has 0 bridgehead atoms. The summed E-state index contributed by atoms with van der Waals surface area (Å²) >= 11 is 0. The minimum atomic E-state index is 0. The molecule has 2 heterocycles. The van der Waals surface area contributed by atoms with Crippen LogP contribution in [0.15, 0.2) is 17.6 Å². The maximum Gasteiger partial charge on any atom is 0.192 e. The van der Waals surface area contributed by atoms with E-state index in [1.165, 1.54) is 25.7 Å². The molecule has 2 N–H and O–H groups in total. The maximum absolute atomic E-state index is 6.13. The van der Waals surface area contributed by atoms with Gasteiger partial charge in [-0.2, -0.15) is 0 Å². The van der Waals surface area contributed by atoms with Crippen LogP contribution in [-0.2, 0) is 18.3 Å². The lowest BCUT2D eigenvalue weighted by Gasteiger charge is -2.39. The highest BCUT2D eigenvalue weighted by atomic mass is 127. The van der Waals surface area contributed by atoms with Gasteiger partial charge in [-0.25, -0.2) is 4.99 Å². The van der Waals surface area contributed by atoms with Gasteiger partial charge in [-0.15, -0.1) is 40.8 Å². The highest BCUT2D eigenvalue weighted by molar-refractivity contribution is 14.0. The smallest absolute Gasteiger partial charge is 0.192 e. The minimum absolute atomic E-state index is 0. The molecule has 146 valence electrons. The van der Waals surface area contributed by atoms with Crippen LogP contribution in [0.4, 0.5) is 0 Å². The third-order valence-corrected chi connectivity index (χ3v) is 5.32. The standard InChI is InChI=1S/C18H30N6O.HI/c1-4-10-19-17(20-13-16-23-22-14(2)24(16)3)21-15-7-11-25-18(12-15)8-5-6-9-18;/h4,15H,1,5-13H2,2-3H3,(H2,19,20,21);1H. The van der Waals surface area contributed by atoms with Gasteiger partial charge in [0.25, 0.3) is 0 Å². The molecular weight excluding hydrogens is 443 g/mol. The third-order valence-electron chi connectivity index (χ3n) is 5.32. The van der Waals surface area contributed by atoms with Crippen molar-refractivity contribution >= 4 is 29.9 Å². The van der Waals surface area contributed by atoms with E-state index in [0.717, 1.165) is 37.1 Å². The first-order chi connectivity index (χ1) is 12.1. The Hall–Kier alpha value is -1.16. The molecule has 2 aliphatic rings. The van der Waals surface area contributed by atoms with Crippen molar-refractivity contribution in [2.45, 2.75) is 63.6 Å². The lowest BCUT2D eigenvalue weighted by atomic mass is 9.89. The average molecular weight is 474 g/mol. The molecule has 0 aromatic carbocycles. The number of aryl methyl sites for hydroxylation is 1. The second kappa shape index (κ2) is 9.68. The van der Waals surface area contributed by atoms with Gasteiger partial charge in [0.2, 0.25) is 0 Å². The number of ether oxygens (including phenoxy) is 1. The molecule has 1 aromatic rings. The van der Waals surface area contributed by atoms with Crippen molar-refractivity contribution in [3.63, 3.8) is 0 Å². The second-order valence-corrected chi connectivity index (χ2v) is 7.13. The molecule has 26 heavy (non-hydrogen) atoms. The summed E-state index contributed by atoms with van der Waals surface area (Å²) in [6.45, 7) is 7.73. The first kappa shape index (κ1) is 21.1. The molecule has 1 unspecified atom stereocenters. The Morgan fingerprint density at radius 2 is 2.19 bits per heavy atom. The summed E-state index contributed by atoms with van der Waals surface area (Å²) < 4.78 is 8.10. The number of aliphatic imine (C=N–C) groups is 1. The summed E-state index contributed by atoms with van der Waals surface area (Å²) in [5.74, 6) is 2.56. The van der Waals surface area contributed by atoms with Gasteiger partial charge >= 0.3 is 0 Å². The van der Waals surface area contributed by atoms with E-state index in [4.69, 9.17) is 9.73 Å². The molecule has 8 heteroatoms. The number of nitrogens with one attached hydrogen (secondary N) is 2. The molecule has 1 aliphatic heterocycles. The summed E-state index contributed by atoms with van der Waals surface area (Å²) in [5.41, 5.74) is 0.0974. The van der Waals surface area contributed by atoms with Crippen molar-refractivity contribution in [2.75, 3.05) is 13.2 Å². The van der Waals surface area contributed by atoms with E-state index < -0.39 is 0 Å². The van der Waals surface area contributed by atoms with Gasteiger partial charge in [0, 0.05) is 26.2 Å². The van der Waals surface area contributed by atoms with Crippen molar-refractivity contribution in [2.24, 2.45) is 12.0 Å². The number of aromatic nitrogens is 3. The Bertz CT molecular complexity index is 623. The van der Waals surface area contributed by atoms with Crippen molar-refractivity contribution in [1.82, 2.24) is 25.4 Å². The molecule has 1 spiro atoms. The number of hydrogen-bond donors (Lipinski definition) is 2. The van der Waals surface area contributed by atoms with Gasteiger partial charge in [-0.05, 0) is 32.6 Å². The van der Waals surface area contributed by atoms with Crippen LogP contribution in [0.5, 0.6) is 0 Å². The molecule has 1 aromatic heterocycles. The summed E-state index contributed by atoms with van der Waals surface area (Å²) in [6.07, 6.45) is 8.87. The summed E-state index contributed by atoms with van der Waals surface area (Å²) in [7, 11) is 1.97. The van der Waals surface area contributed by atoms with Gasteiger partial charge < -0.3 is 19.9 Å². The van der Waals surface area contributed by atoms with Crippen LogP contribution >= 0.6 is 24.0 Å². The molecule has 1 atom stereocenters. The largest absolute Gasteiger partial charge is 0.375 e. The van der Waals surface area contributed by atoms with E-state index in [2.05, 4.69) is 27.4 Å². The fourth-order valence-electron chi connectivity index (χ4n) is 3.77. The lowest BCUT2D eigenvalue weighted by molar-refractivity contribution is -0.0815. The quantitative estimate of drug-likeness (QED) is 0.297. The zero-order valence-corrected chi connectivity index (χ0v) is 18.2. The number of hydrogen-bond acceptors (Lipinski definition) is 4. The Kier molecular flexibility index (Phi) is 7.87. The van der Waals surface area contributed by atoms with Crippen LogP contribution in [0.3, 0.4) is 0 Å². The van der Waals surface area contributed by atoms with Crippen LogP contribution < -0.4 is 10.6 Å². The number of halogens is 1. The molecule has 1 saturated carbocycles. The van der Waals surface area contributed by atoms with Crippen LogP contribution in [0.2, 0.25) is 0 Å². The molecule has 0 amide bonds. The predicted molar refractivity (Wildman–Crippen MR) is 114 cm³/mol. The molecule has 2 fully saturated rings. The van der Waals surface area contributed by atoms with E-state index >= 15 is 0 Å². The van der Waals surface area contributed by atoms with Gasteiger partial charge in [0.1, 0.15) is 12.4 Å². The van der Waals surface area contributed by atoms with Crippen molar-refractivity contribution in [3.05, 3.63) is 24.3 Å². The Balaban J connectivity index is 0.00000243. The zero-order valence-electron chi connectivity index (χ0n) is 15.8. The zero-order chi connectivity index (χ0) is 17.7. The first-order valence-electron chi connectivity index (χ1n) is 9.26. The maximum atomic E-state index is 6.13. The van der Waals surface area contributed by atoms with Crippen molar-refractivity contribution < 1.29 is 4.74 Å². The third kappa shape index (κ3) is 5.18. The molecule has 1 aliphatic carbocycles. The average Bonchev–Trinajstić information content (AvgIpc) is 3.18. The predicted octanol–water partition coefficient (Wildman–Crippen LogP) is 2.45. The van der Waals surface area contributed by atoms with Gasteiger partial charge in [0.15, 0.2) is 11.8 Å². The van der Waals surface area contributed by atoms with E-state index in [1.807, 2.05) is 24.6 Å². The minimum Gasteiger partial charge on any atom is -0.375 e. The van der Waals surface area contributed by atoms with Crippen LogP contribution in [0, 0.1) is 6.92 Å². The second-order valence-electron chi connectivity index (χ2n) is 7.13. The lowest BCUT2D eigenvalue weighted by Crippen LogP contribution is -2.50. The first-order valence-corrected chi connectivity index (χ1v) is 9.26. The number of rotatable bonds is 5. The highest BCUT2D eigenvalue weighted by Crippen LogP contribution is 2.39. The molecular formula is C18H31IN6O. The highest BCUT2D eigenvalue weighted by Gasteiger charge is 2.40. The number of nitrogens with zero attached hydrogens (tertiary/aromatic N) is 4. The topological polar surface area (TPSA) is 76.4 Å². The SMILES string of the molecule is C=CCNC(=NCc1nnc(C)n1C)NC1CCOC2(CCCC2)C1.I. The fourth-order valence-corrected chi connectivity index (χ4v) is 3.77. The van der Waals surface area contributed by atoms with E-state index in [1.54, 1.807) is 0 Å². The van der Waals surface area contributed by atoms with Gasteiger partial charge in [-0.3, -0.25) is 0 Å². The molecule has 1 saturated heterocycles.